The molecule has 2 atom stereocenters. The second kappa shape index (κ2) is 13.3. The molecular formula is C32H33BrN2O5. The number of hydrogen-bond acceptors (Lipinski definition) is 6. The number of aliphatic imine (C=N–C) groups is 1. The molecule has 2 heterocycles. The van der Waals surface area contributed by atoms with Crippen LogP contribution in [0.25, 0.3) is 6.08 Å². The molecule has 0 spiro atoms. The zero-order valence-corrected chi connectivity index (χ0v) is 23.8. The molecule has 1 saturated heterocycles. The summed E-state index contributed by atoms with van der Waals surface area (Å²) < 4.78 is 18.8. The molecule has 3 aromatic rings. The van der Waals surface area contributed by atoms with Crippen LogP contribution in [0.1, 0.15) is 35.6 Å². The predicted molar refractivity (Wildman–Crippen MR) is 158 cm³/mol. The van der Waals surface area contributed by atoms with Crippen molar-refractivity contribution in [2.45, 2.75) is 24.5 Å². The first-order valence-corrected chi connectivity index (χ1v) is 14.3. The van der Waals surface area contributed by atoms with Crippen molar-refractivity contribution in [2.75, 3.05) is 39.5 Å². The first-order chi connectivity index (χ1) is 19.6. The van der Waals surface area contributed by atoms with Crippen molar-refractivity contribution >= 4 is 33.8 Å². The molecule has 2 aliphatic rings. The molecule has 5 rings (SSSR count). The number of amides is 1. The number of aliphatic hydroxyl groups excluding tert-OH is 1. The number of rotatable bonds is 10. The van der Waals surface area contributed by atoms with E-state index in [1.165, 1.54) is 0 Å². The zero-order valence-electron chi connectivity index (χ0n) is 22.2. The van der Waals surface area contributed by atoms with Gasteiger partial charge < -0.3 is 24.2 Å². The number of carbonyl (C=O) groups excluding carboxylic acids is 1. The lowest BCUT2D eigenvalue weighted by Crippen LogP contribution is -2.53. The number of morpholine rings is 1. The molecule has 1 N–H and O–H groups in total. The smallest absolute Gasteiger partial charge is 0.255 e. The van der Waals surface area contributed by atoms with Gasteiger partial charge in [-0.2, -0.15) is 0 Å². The van der Waals surface area contributed by atoms with Crippen LogP contribution < -0.4 is 4.74 Å². The van der Waals surface area contributed by atoms with Crippen molar-refractivity contribution in [3.63, 3.8) is 0 Å². The summed E-state index contributed by atoms with van der Waals surface area (Å²) in [7, 11) is 0. The van der Waals surface area contributed by atoms with E-state index in [1.807, 2.05) is 95.9 Å². The van der Waals surface area contributed by atoms with E-state index < -0.39 is 11.6 Å². The van der Waals surface area contributed by atoms with Crippen molar-refractivity contribution in [3.05, 3.63) is 106 Å². The number of halogens is 1. The number of benzene rings is 3. The Morgan fingerprint density at radius 1 is 1.05 bits per heavy atom. The van der Waals surface area contributed by atoms with Gasteiger partial charge in [0.05, 0.1) is 19.8 Å². The normalized spacial score (nSPS) is 20.8. The quantitative estimate of drug-likeness (QED) is 0.312. The summed E-state index contributed by atoms with van der Waals surface area (Å²) in [6.45, 7) is 2.54. The first kappa shape index (κ1) is 28.1. The Hall–Kier alpha value is -3.46. The average Bonchev–Trinajstić information content (AvgIpc) is 3.39. The standard InChI is InChI=1S/C32H33BrN2O5/c33-27-13-9-25(10-14-27)29-32(31(37)35-18-22-38-23-19-35,17-4-8-24-6-2-1-3-7-24)34-30(40-29)26-11-15-28(16-12-26)39-21-5-20-36/h1-4,6-16,29,36H,5,17-23H2/b8-4+/t29-,32-/m1/s1. The topological polar surface area (TPSA) is 80.6 Å². The molecule has 0 aromatic heterocycles. The lowest BCUT2D eigenvalue weighted by molar-refractivity contribution is -0.143. The van der Waals surface area contributed by atoms with E-state index >= 15 is 0 Å². The third kappa shape index (κ3) is 6.46. The van der Waals surface area contributed by atoms with Crippen LogP contribution >= 0.6 is 15.9 Å². The third-order valence-corrected chi connectivity index (χ3v) is 7.55. The van der Waals surface area contributed by atoms with Crippen LogP contribution in [0, 0.1) is 0 Å². The minimum absolute atomic E-state index is 0.0691. The van der Waals surface area contributed by atoms with Gasteiger partial charge in [-0.25, -0.2) is 4.99 Å². The fourth-order valence-electron chi connectivity index (χ4n) is 4.92. The highest BCUT2D eigenvalue weighted by Crippen LogP contribution is 2.44. The summed E-state index contributed by atoms with van der Waals surface area (Å²) in [6.07, 6.45) is 4.36. The Morgan fingerprint density at radius 2 is 1.77 bits per heavy atom. The van der Waals surface area contributed by atoms with Gasteiger partial charge >= 0.3 is 0 Å². The SMILES string of the molecule is O=C(N1CCOCC1)[C@]1(C/C=C/c2ccccc2)N=C(c2ccc(OCCCO)cc2)O[C@@H]1c1ccc(Br)cc1. The van der Waals surface area contributed by atoms with E-state index in [0.717, 1.165) is 21.2 Å². The molecule has 1 amide bonds. The fraction of sp³-hybridized carbons (Fsp3) is 0.312. The number of carbonyl (C=O) groups is 1. The van der Waals surface area contributed by atoms with E-state index in [2.05, 4.69) is 15.9 Å². The van der Waals surface area contributed by atoms with Crippen molar-refractivity contribution < 1.29 is 24.1 Å². The minimum atomic E-state index is -1.19. The van der Waals surface area contributed by atoms with Crippen LogP contribution in [-0.2, 0) is 14.3 Å². The molecule has 8 heteroatoms. The van der Waals surface area contributed by atoms with Crippen LogP contribution in [0.3, 0.4) is 0 Å². The molecule has 0 saturated carbocycles. The summed E-state index contributed by atoms with van der Waals surface area (Å²) in [5.41, 5.74) is 1.50. The molecule has 208 valence electrons. The Morgan fingerprint density at radius 3 is 2.48 bits per heavy atom. The Bertz CT molecular complexity index is 1320. The molecular weight excluding hydrogens is 572 g/mol. The molecule has 2 aliphatic heterocycles. The molecule has 7 nitrogen and oxygen atoms in total. The zero-order chi connectivity index (χ0) is 27.8. The van der Waals surface area contributed by atoms with Gasteiger partial charge in [0.15, 0.2) is 11.6 Å². The highest BCUT2D eigenvalue weighted by Gasteiger charge is 2.54. The second-order valence-electron chi connectivity index (χ2n) is 9.76. The van der Waals surface area contributed by atoms with Gasteiger partial charge in [0.2, 0.25) is 5.90 Å². The maximum absolute atomic E-state index is 14.4. The number of ether oxygens (including phenoxy) is 3. The van der Waals surface area contributed by atoms with Crippen LogP contribution in [0.4, 0.5) is 0 Å². The van der Waals surface area contributed by atoms with Crippen molar-refractivity contribution in [3.8, 4) is 5.75 Å². The van der Waals surface area contributed by atoms with Crippen molar-refractivity contribution in [2.24, 2.45) is 4.99 Å². The van der Waals surface area contributed by atoms with Crippen molar-refractivity contribution in [1.82, 2.24) is 4.90 Å². The molecule has 0 bridgehead atoms. The maximum atomic E-state index is 14.4. The number of hydrogen-bond donors (Lipinski definition) is 1. The summed E-state index contributed by atoms with van der Waals surface area (Å²) in [6, 6.07) is 25.4. The summed E-state index contributed by atoms with van der Waals surface area (Å²) in [4.78, 5) is 21.3. The van der Waals surface area contributed by atoms with Crippen molar-refractivity contribution in [1.29, 1.82) is 0 Å². The van der Waals surface area contributed by atoms with Gasteiger partial charge in [-0.1, -0.05) is 70.5 Å². The van der Waals surface area contributed by atoms with Crippen LogP contribution in [0.5, 0.6) is 5.75 Å². The lowest BCUT2D eigenvalue weighted by atomic mass is 9.83. The minimum Gasteiger partial charge on any atom is -0.494 e. The number of aliphatic hydroxyl groups is 1. The van der Waals surface area contributed by atoms with Gasteiger partial charge in [0, 0.05) is 42.6 Å². The van der Waals surface area contributed by atoms with Gasteiger partial charge in [0.25, 0.3) is 5.91 Å². The van der Waals surface area contributed by atoms with Crippen LogP contribution in [-0.4, -0.2) is 66.9 Å². The molecule has 3 aromatic carbocycles. The van der Waals surface area contributed by atoms with E-state index in [9.17, 15) is 4.79 Å². The Balaban J connectivity index is 1.54. The van der Waals surface area contributed by atoms with Gasteiger partial charge in [0.1, 0.15) is 5.75 Å². The second-order valence-corrected chi connectivity index (χ2v) is 10.7. The largest absolute Gasteiger partial charge is 0.494 e. The molecule has 0 radical (unpaired) electrons. The van der Waals surface area contributed by atoms with E-state index in [-0.39, 0.29) is 12.5 Å². The Labute approximate surface area is 243 Å². The van der Waals surface area contributed by atoms with Gasteiger partial charge in [-0.05, 0) is 47.5 Å². The van der Waals surface area contributed by atoms with Crippen LogP contribution in [0.2, 0.25) is 0 Å². The third-order valence-electron chi connectivity index (χ3n) is 7.02. The monoisotopic (exact) mass is 604 g/mol. The summed E-state index contributed by atoms with van der Waals surface area (Å²) in [5, 5.41) is 9.02. The number of nitrogens with zero attached hydrogens (tertiary/aromatic N) is 2. The Kier molecular flexibility index (Phi) is 9.31. The van der Waals surface area contributed by atoms with E-state index in [0.29, 0.717) is 57.4 Å². The molecule has 40 heavy (non-hydrogen) atoms. The van der Waals surface area contributed by atoms with Crippen LogP contribution in [0.15, 0.2) is 94.4 Å². The molecule has 1 fully saturated rings. The predicted octanol–water partition coefficient (Wildman–Crippen LogP) is 5.43. The summed E-state index contributed by atoms with van der Waals surface area (Å²) >= 11 is 3.52. The molecule has 0 aliphatic carbocycles. The lowest BCUT2D eigenvalue weighted by Gasteiger charge is -2.36. The maximum Gasteiger partial charge on any atom is 0.255 e. The van der Waals surface area contributed by atoms with Gasteiger partial charge in [-0.3, -0.25) is 4.79 Å². The summed E-state index contributed by atoms with van der Waals surface area (Å²) in [5.74, 6) is 1.05. The van der Waals surface area contributed by atoms with Gasteiger partial charge in [-0.15, -0.1) is 0 Å². The fourth-order valence-corrected chi connectivity index (χ4v) is 5.18. The highest BCUT2D eigenvalue weighted by molar-refractivity contribution is 9.10. The molecule has 0 unspecified atom stereocenters. The average molecular weight is 606 g/mol. The van der Waals surface area contributed by atoms with E-state index in [4.69, 9.17) is 24.3 Å². The van der Waals surface area contributed by atoms with E-state index in [1.54, 1.807) is 0 Å². The highest BCUT2D eigenvalue weighted by atomic mass is 79.9. The first-order valence-electron chi connectivity index (χ1n) is 13.5.